The molecule has 0 spiro atoms. The van der Waals surface area contributed by atoms with Gasteiger partial charge < -0.3 is 4.52 Å². The molecule has 0 saturated carbocycles. The van der Waals surface area contributed by atoms with E-state index in [1.807, 2.05) is 0 Å². The Balaban J connectivity index is 2.24. The summed E-state index contributed by atoms with van der Waals surface area (Å²) in [6, 6.07) is 0. The van der Waals surface area contributed by atoms with Crippen LogP contribution in [0.15, 0.2) is 10.9 Å². The predicted octanol–water partition coefficient (Wildman–Crippen LogP) is 0.680. The van der Waals surface area contributed by atoms with E-state index in [-0.39, 0.29) is 0 Å². The Morgan fingerprint density at radius 3 is 3.08 bits per heavy atom. The summed E-state index contributed by atoms with van der Waals surface area (Å²) in [4.78, 5) is 4.04. The molecule has 0 amide bonds. The van der Waals surface area contributed by atoms with E-state index >= 15 is 0 Å². The highest BCUT2D eigenvalue weighted by Crippen LogP contribution is 1.98. The highest BCUT2D eigenvalue weighted by atomic mass is 32.1. The minimum atomic E-state index is 0.479. The Hall–Kier alpha value is -1.50. The highest BCUT2D eigenvalue weighted by molar-refractivity contribution is 7.71. The smallest absolute Gasteiger partial charge is 0.223 e. The van der Waals surface area contributed by atoms with Crippen LogP contribution in [0.2, 0.25) is 0 Å². The van der Waals surface area contributed by atoms with Crippen LogP contribution >= 0.6 is 12.2 Å². The molecule has 0 fully saturated rings. The summed E-state index contributed by atoms with van der Waals surface area (Å²) in [6.07, 6.45) is 1.59. The van der Waals surface area contributed by atoms with Gasteiger partial charge in [-0.3, -0.25) is 9.67 Å². The standard InChI is InChI=1S/C6H7N5OS/c1-4-8-5(10-12-4)2-11-3-7-9-6(11)13/h3H,2H2,1H3,(H,9,13). The molecule has 13 heavy (non-hydrogen) atoms. The van der Waals surface area contributed by atoms with Crippen molar-refractivity contribution in [3.63, 3.8) is 0 Å². The topological polar surface area (TPSA) is 72.5 Å². The molecule has 2 aromatic rings. The van der Waals surface area contributed by atoms with E-state index in [2.05, 4.69) is 20.3 Å². The van der Waals surface area contributed by atoms with Gasteiger partial charge >= 0.3 is 0 Å². The third-order valence-electron chi connectivity index (χ3n) is 1.50. The third-order valence-corrected chi connectivity index (χ3v) is 1.83. The summed E-state index contributed by atoms with van der Waals surface area (Å²) in [5, 5.41) is 10.1. The van der Waals surface area contributed by atoms with Gasteiger partial charge in [0.15, 0.2) is 10.6 Å². The molecule has 68 valence electrons. The fraction of sp³-hybridized carbons (Fsp3) is 0.333. The molecule has 0 aliphatic rings. The van der Waals surface area contributed by atoms with Crippen molar-refractivity contribution in [1.82, 2.24) is 24.9 Å². The van der Waals surface area contributed by atoms with Crippen molar-refractivity contribution in [3.8, 4) is 0 Å². The Morgan fingerprint density at radius 1 is 1.69 bits per heavy atom. The normalized spacial score (nSPS) is 10.5. The van der Waals surface area contributed by atoms with E-state index in [1.54, 1.807) is 17.8 Å². The fourth-order valence-corrected chi connectivity index (χ4v) is 1.11. The van der Waals surface area contributed by atoms with Crippen LogP contribution in [-0.4, -0.2) is 24.9 Å². The zero-order valence-electron chi connectivity index (χ0n) is 6.89. The summed E-state index contributed by atoms with van der Waals surface area (Å²) in [5.41, 5.74) is 0. The van der Waals surface area contributed by atoms with Crippen molar-refractivity contribution >= 4 is 12.2 Å². The quantitative estimate of drug-likeness (QED) is 0.717. The third kappa shape index (κ3) is 1.64. The number of hydrogen-bond acceptors (Lipinski definition) is 5. The van der Waals surface area contributed by atoms with Gasteiger partial charge in [-0.2, -0.15) is 10.1 Å². The van der Waals surface area contributed by atoms with Crippen LogP contribution in [0.1, 0.15) is 11.7 Å². The minimum absolute atomic E-state index is 0.479. The number of hydrogen-bond donors (Lipinski definition) is 1. The lowest BCUT2D eigenvalue weighted by molar-refractivity contribution is 0.386. The molecule has 2 heterocycles. The summed E-state index contributed by atoms with van der Waals surface area (Å²) in [7, 11) is 0. The first-order chi connectivity index (χ1) is 6.25. The molecule has 2 aromatic heterocycles. The van der Waals surface area contributed by atoms with E-state index < -0.39 is 0 Å². The number of nitrogens with zero attached hydrogens (tertiary/aromatic N) is 4. The van der Waals surface area contributed by atoms with Gasteiger partial charge in [-0.1, -0.05) is 5.16 Å². The van der Waals surface area contributed by atoms with E-state index in [4.69, 9.17) is 16.7 Å². The molecule has 6 nitrogen and oxygen atoms in total. The maximum Gasteiger partial charge on any atom is 0.223 e. The van der Waals surface area contributed by atoms with Gasteiger partial charge in [-0.05, 0) is 12.2 Å². The molecule has 0 aromatic carbocycles. The second-order valence-electron chi connectivity index (χ2n) is 2.52. The van der Waals surface area contributed by atoms with Gasteiger partial charge in [-0.15, -0.1) is 0 Å². The Labute approximate surface area is 78.6 Å². The van der Waals surface area contributed by atoms with Crippen LogP contribution < -0.4 is 0 Å². The Bertz CT molecular complexity index is 455. The Morgan fingerprint density at radius 2 is 2.54 bits per heavy atom. The second-order valence-corrected chi connectivity index (χ2v) is 2.91. The first kappa shape index (κ1) is 8.11. The molecule has 0 bridgehead atoms. The number of aromatic nitrogens is 5. The highest BCUT2D eigenvalue weighted by Gasteiger charge is 2.03. The van der Waals surface area contributed by atoms with Gasteiger partial charge in [0, 0.05) is 6.92 Å². The van der Waals surface area contributed by atoms with Crippen molar-refractivity contribution in [2.75, 3.05) is 0 Å². The van der Waals surface area contributed by atoms with Crippen molar-refractivity contribution < 1.29 is 4.52 Å². The van der Waals surface area contributed by atoms with Crippen molar-refractivity contribution in [2.45, 2.75) is 13.5 Å². The van der Waals surface area contributed by atoms with Gasteiger partial charge in [-0.25, -0.2) is 0 Å². The van der Waals surface area contributed by atoms with Gasteiger partial charge in [0.2, 0.25) is 5.89 Å². The van der Waals surface area contributed by atoms with E-state index in [9.17, 15) is 0 Å². The van der Waals surface area contributed by atoms with Crippen molar-refractivity contribution in [3.05, 3.63) is 22.8 Å². The summed E-state index contributed by atoms with van der Waals surface area (Å²) in [5.74, 6) is 1.14. The average molecular weight is 197 g/mol. The van der Waals surface area contributed by atoms with Crippen LogP contribution in [-0.2, 0) is 6.54 Å². The van der Waals surface area contributed by atoms with Crippen LogP contribution in [0.5, 0.6) is 0 Å². The summed E-state index contributed by atoms with van der Waals surface area (Å²) in [6.45, 7) is 2.22. The lowest BCUT2D eigenvalue weighted by Gasteiger charge is -1.92. The maximum absolute atomic E-state index is 4.95. The molecular weight excluding hydrogens is 190 g/mol. The van der Waals surface area contributed by atoms with Crippen LogP contribution in [0.4, 0.5) is 0 Å². The number of H-pyrrole nitrogens is 1. The molecule has 0 unspecified atom stereocenters. The first-order valence-electron chi connectivity index (χ1n) is 3.65. The molecule has 1 N–H and O–H groups in total. The monoisotopic (exact) mass is 197 g/mol. The summed E-state index contributed by atoms with van der Waals surface area (Å²) < 4.78 is 7.08. The first-order valence-corrected chi connectivity index (χ1v) is 4.05. The molecule has 7 heteroatoms. The van der Waals surface area contributed by atoms with Crippen molar-refractivity contribution in [1.29, 1.82) is 0 Å². The zero-order valence-corrected chi connectivity index (χ0v) is 7.71. The van der Waals surface area contributed by atoms with Crippen LogP contribution in [0, 0.1) is 11.7 Å². The molecule has 0 aliphatic heterocycles. The van der Waals surface area contributed by atoms with Gasteiger partial charge in [0.05, 0.1) is 6.54 Å². The molecule has 0 saturated heterocycles. The maximum atomic E-state index is 4.95. The number of aromatic amines is 1. The van der Waals surface area contributed by atoms with E-state index in [0.717, 1.165) is 0 Å². The predicted molar refractivity (Wildman–Crippen MR) is 45.5 cm³/mol. The fourth-order valence-electron chi connectivity index (χ4n) is 0.941. The van der Waals surface area contributed by atoms with Crippen molar-refractivity contribution in [2.24, 2.45) is 0 Å². The number of nitrogens with one attached hydrogen (secondary N) is 1. The second kappa shape index (κ2) is 3.09. The van der Waals surface area contributed by atoms with E-state index in [1.165, 1.54) is 0 Å². The lowest BCUT2D eigenvalue weighted by Crippen LogP contribution is -1.99. The Kier molecular flexibility index (Phi) is 1.93. The minimum Gasteiger partial charge on any atom is -0.340 e. The molecule has 2 rings (SSSR count). The molecule has 0 radical (unpaired) electrons. The van der Waals surface area contributed by atoms with E-state index in [0.29, 0.717) is 23.0 Å². The zero-order chi connectivity index (χ0) is 9.26. The number of aryl methyl sites for hydroxylation is 1. The molecular formula is C6H7N5OS. The lowest BCUT2D eigenvalue weighted by atomic mass is 10.6. The van der Waals surface area contributed by atoms with Crippen LogP contribution in [0.3, 0.4) is 0 Å². The van der Waals surface area contributed by atoms with Gasteiger partial charge in [0.25, 0.3) is 0 Å². The molecule has 0 atom stereocenters. The number of rotatable bonds is 2. The SMILES string of the molecule is Cc1nc(Cn2cn[nH]c2=S)no1. The largest absolute Gasteiger partial charge is 0.340 e. The molecule has 0 aliphatic carbocycles. The van der Waals surface area contributed by atoms with Gasteiger partial charge in [0.1, 0.15) is 6.33 Å². The van der Waals surface area contributed by atoms with Crippen LogP contribution in [0.25, 0.3) is 0 Å². The average Bonchev–Trinajstić information content (AvgIpc) is 2.64. The summed E-state index contributed by atoms with van der Waals surface area (Å²) >= 11 is 4.95.